The molecule has 1 aliphatic heterocycles. The number of hydrogen-bond donors (Lipinski definition) is 0. The highest BCUT2D eigenvalue weighted by Crippen LogP contribution is 2.24. The predicted octanol–water partition coefficient (Wildman–Crippen LogP) is 3.75. The maximum atomic E-state index is 13.3. The maximum Gasteiger partial charge on any atom is 0.255 e. The quantitative estimate of drug-likeness (QED) is 0.522. The van der Waals surface area contributed by atoms with Crippen molar-refractivity contribution in [2.24, 2.45) is 0 Å². The van der Waals surface area contributed by atoms with E-state index in [-0.39, 0.29) is 29.7 Å². The predicted molar refractivity (Wildman–Crippen MR) is 131 cm³/mol. The number of sulfonamides is 1. The van der Waals surface area contributed by atoms with Crippen LogP contribution in [0.1, 0.15) is 44.6 Å². The first-order chi connectivity index (χ1) is 16.1. The van der Waals surface area contributed by atoms with E-state index in [4.69, 9.17) is 0 Å². The molecule has 1 saturated heterocycles. The first-order valence-corrected chi connectivity index (χ1v) is 12.7. The van der Waals surface area contributed by atoms with Crippen molar-refractivity contribution < 1.29 is 18.0 Å². The summed E-state index contributed by atoms with van der Waals surface area (Å²) in [6.45, 7) is 8.37. The molecule has 0 bridgehead atoms. The Morgan fingerprint density at radius 2 is 1.53 bits per heavy atom. The normalized spacial score (nSPS) is 14.9. The van der Waals surface area contributed by atoms with E-state index in [0.717, 1.165) is 22.6 Å². The van der Waals surface area contributed by atoms with Gasteiger partial charge in [-0.05, 0) is 63.6 Å². The average molecular weight is 480 g/mol. The minimum absolute atomic E-state index is 0.0948. The Hall–Kier alpha value is -3.23. The zero-order chi connectivity index (χ0) is 24.6. The van der Waals surface area contributed by atoms with Crippen LogP contribution in [0, 0.1) is 20.8 Å². The largest absolute Gasteiger partial charge is 0.336 e. The van der Waals surface area contributed by atoms with Crippen LogP contribution in [-0.2, 0) is 10.0 Å². The van der Waals surface area contributed by atoms with E-state index in [1.165, 1.54) is 23.4 Å². The van der Waals surface area contributed by atoms with Crippen molar-refractivity contribution in [1.82, 2.24) is 13.8 Å². The lowest BCUT2D eigenvalue weighted by molar-refractivity contribution is 0.0697. The third-order valence-electron chi connectivity index (χ3n) is 6.33. The number of hydrogen-bond acceptors (Lipinski definition) is 4. The third kappa shape index (κ3) is 4.43. The van der Waals surface area contributed by atoms with Crippen molar-refractivity contribution in [3.8, 4) is 5.69 Å². The number of nitrogens with zero attached hydrogens (tertiary/aromatic N) is 3. The number of ketones is 1. The summed E-state index contributed by atoms with van der Waals surface area (Å²) >= 11 is 0. The monoisotopic (exact) mass is 479 g/mol. The zero-order valence-corrected chi connectivity index (χ0v) is 20.7. The second-order valence-electron chi connectivity index (χ2n) is 8.74. The molecule has 34 heavy (non-hydrogen) atoms. The van der Waals surface area contributed by atoms with Gasteiger partial charge in [-0.1, -0.05) is 24.3 Å². The summed E-state index contributed by atoms with van der Waals surface area (Å²) < 4.78 is 29.7. The molecule has 7 nitrogen and oxygen atoms in total. The molecule has 2 heterocycles. The van der Waals surface area contributed by atoms with Crippen molar-refractivity contribution in [1.29, 1.82) is 0 Å². The molecular weight excluding hydrogens is 450 g/mol. The number of amides is 1. The van der Waals surface area contributed by atoms with Gasteiger partial charge in [-0.25, -0.2) is 8.42 Å². The van der Waals surface area contributed by atoms with Crippen LogP contribution in [0.2, 0.25) is 0 Å². The van der Waals surface area contributed by atoms with Gasteiger partial charge in [-0.2, -0.15) is 4.31 Å². The Balaban J connectivity index is 1.51. The maximum absolute atomic E-state index is 13.3. The molecule has 2 aromatic carbocycles. The van der Waals surface area contributed by atoms with Crippen LogP contribution in [0.3, 0.4) is 0 Å². The Labute approximate surface area is 200 Å². The summed E-state index contributed by atoms with van der Waals surface area (Å²) in [7, 11) is -3.74. The Kier molecular flexibility index (Phi) is 6.47. The molecule has 4 rings (SSSR count). The van der Waals surface area contributed by atoms with Gasteiger partial charge in [-0.15, -0.1) is 0 Å². The lowest BCUT2D eigenvalue weighted by Gasteiger charge is -2.34. The molecule has 178 valence electrons. The van der Waals surface area contributed by atoms with Crippen molar-refractivity contribution in [2.75, 3.05) is 26.2 Å². The van der Waals surface area contributed by atoms with Crippen LogP contribution in [-0.4, -0.2) is 60.1 Å². The number of rotatable bonds is 5. The number of benzene rings is 2. The smallest absolute Gasteiger partial charge is 0.255 e. The topological polar surface area (TPSA) is 79.7 Å². The molecule has 1 aliphatic rings. The second-order valence-corrected chi connectivity index (χ2v) is 10.7. The van der Waals surface area contributed by atoms with Crippen LogP contribution < -0.4 is 0 Å². The van der Waals surface area contributed by atoms with Crippen LogP contribution >= 0.6 is 0 Å². The summed E-state index contributed by atoms with van der Waals surface area (Å²) in [5.74, 6) is -0.279. The first kappa shape index (κ1) is 23.9. The zero-order valence-electron chi connectivity index (χ0n) is 19.9. The minimum Gasteiger partial charge on any atom is -0.336 e. The molecule has 3 aromatic rings. The van der Waals surface area contributed by atoms with E-state index >= 15 is 0 Å². The molecule has 1 amide bonds. The summed E-state index contributed by atoms with van der Waals surface area (Å²) in [6.07, 6.45) is 0. The summed E-state index contributed by atoms with van der Waals surface area (Å²) in [5, 5.41) is 0. The first-order valence-electron chi connectivity index (χ1n) is 11.3. The fourth-order valence-electron chi connectivity index (χ4n) is 4.47. The second kappa shape index (κ2) is 9.19. The lowest BCUT2D eigenvalue weighted by Crippen LogP contribution is -2.50. The number of aromatic nitrogens is 1. The van der Waals surface area contributed by atoms with Gasteiger partial charge in [0.25, 0.3) is 5.91 Å². The highest BCUT2D eigenvalue weighted by Gasteiger charge is 2.31. The molecule has 0 N–H and O–H groups in total. The number of piperazine rings is 1. The molecule has 0 atom stereocenters. The van der Waals surface area contributed by atoms with Gasteiger partial charge in [0.1, 0.15) is 0 Å². The summed E-state index contributed by atoms with van der Waals surface area (Å²) in [6, 6.07) is 16.1. The van der Waals surface area contributed by atoms with Crippen molar-refractivity contribution in [2.45, 2.75) is 32.6 Å². The van der Waals surface area contributed by atoms with Crippen LogP contribution in [0.5, 0.6) is 0 Å². The standard InChI is InChI=1S/C26H29N3O4S/c1-18-7-5-9-23(15-18)29-19(2)16-25(20(29)3)26(31)27-11-13-28(14-12-27)34(32,33)24-10-6-8-22(17-24)21(4)30/h5-10,15-17H,11-14H2,1-4H3. The van der Waals surface area contributed by atoms with E-state index in [9.17, 15) is 18.0 Å². The fraction of sp³-hybridized carbons (Fsp3) is 0.308. The molecular formula is C26H29N3O4S. The molecule has 1 aromatic heterocycles. The van der Waals surface area contributed by atoms with Crippen molar-refractivity contribution in [3.05, 3.63) is 82.7 Å². The van der Waals surface area contributed by atoms with Gasteiger partial charge >= 0.3 is 0 Å². The van der Waals surface area contributed by atoms with Gasteiger partial charge in [-0.3, -0.25) is 9.59 Å². The molecule has 8 heteroatoms. The van der Waals surface area contributed by atoms with E-state index in [1.807, 2.05) is 45.0 Å². The highest BCUT2D eigenvalue weighted by atomic mass is 32.2. The van der Waals surface area contributed by atoms with Gasteiger partial charge in [0, 0.05) is 48.8 Å². The molecule has 0 radical (unpaired) electrons. The SMILES string of the molecule is CC(=O)c1cccc(S(=O)(=O)N2CCN(C(=O)c3cc(C)n(-c4cccc(C)c4)c3C)CC2)c1. The Bertz CT molecular complexity index is 1370. The van der Waals surface area contributed by atoms with Crippen molar-refractivity contribution >= 4 is 21.7 Å². The van der Waals surface area contributed by atoms with Crippen LogP contribution in [0.25, 0.3) is 5.69 Å². The highest BCUT2D eigenvalue weighted by molar-refractivity contribution is 7.89. The molecule has 0 saturated carbocycles. The van der Waals surface area contributed by atoms with Gasteiger partial charge in [0.05, 0.1) is 10.5 Å². The Morgan fingerprint density at radius 1 is 0.853 bits per heavy atom. The van der Waals surface area contributed by atoms with Crippen LogP contribution in [0.4, 0.5) is 0 Å². The fourth-order valence-corrected chi connectivity index (χ4v) is 5.94. The van der Waals surface area contributed by atoms with E-state index in [0.29, 0.717) is 24.2 Å². The molecule has 1 fully saturated rings. The van der Waals surface area contributed by atoms with Gasteiger partial charge in [0.2, 0.25) is 10.0 Å². The van der Waals surface area contributed by atoms with Crippen LogP contribution in [0.15, 0.2) is 59.5 Å². The number of aryl methyl sites for hydroxylation is 2. The van der Waals surface area contributed by atoms with Gasteiger partial charge < -0.3 is 9.47 Å². The van der Waals surface area contributed by atoms with Crippen molar-refractivity contribution in [3.63, 3.8) is 0 Å². The minimum atomic E-state index is -3.74. The number of carbonyl (C=O) groups excluding carboxylic acids is 2. The lowest BCUT2D eigenvalue weighted by atomic mass is 10.2. The Morgan fingerprint density at radius 3 is 2.18 bits per heavy atom. The molecule has 0 aliphatic carbocycles. The molecule has 0 spiro atoms. The number of Topliss-reactive ketones (excluding diaryl/α,β-unsaturated/α-hetero) is 1. The third-order valence-corrected chi connectivity index (χ3v) is 8.22. The van der Waals surface area contributed by atoms with E-state index in [2.05, 4.69) is 10.6 Å². The van der Waals surface area contributed by atoms with Gasteiger partial charge in [0.15, 0.2) is 5.78 Å². The van der Waals surface area contributed by atoms with E-state index in [1.54, 1.807) is 17.0 Å². The summed E-state index contributed by atoms with van der Waals surface area (Å²) in [5.41, 5.74) is 4.98. The average Bonchev–Trinajstić information content (AvgIpc) is 3.12. The summed E-state index contributed by atoms with van der Waals surface area (Å²) in [4.78, 5) is 26.8. The number of carbonyl (C=O) groups is 2. The van der Waals surface area contributed by atoms with E-state index < -0.39 is 10.0 Å². The molecule has 0 unspecified atom stereocenters.